The molecule has 0 bridgehead atoms. The molecule has 1 heterocycles. The smallest absolute Gasteiger partial charge is 0.304 e. The number of amidine groups is 1. The Labute approximate surface area is 156 Å². The molecule has 3 rings (SSSR count). The van der Waals surface area contributed by atoms with Crippen LogP contribution in [-0.2, 0) is 4.79 Å². The van der Waals surface area contributed by atoms with Crippen LogP contribution in [0.3, 0.4) is 0 Å². The van der Waals surface area contributed by atoms with Gasteiger partial charge in [-0.25, -0.2) is 0 Å². The summed E-state index contributed by atoms with van der Waals surface area (Å²) in [5.74, 6) is -0.302. The molecular formula is C18H18ClN3O2S. The van der Waals surface area contributed by atoms with Gasteiger partial charge in [0, 0.05) is 23.0 Å². The van der Waals surface area contributed by atoms with Crippen molar-refractivity contribution >= 4 is 36.0 Å². The lowest BCUT2D eigenvalue weighted by Crippen LogP contribution is -2.39. The first-order valence-electron chi connectivity index (χ1n) is 7.85. The molecule has 0 radical (unpaired) electrons. The van der Waals surface area contributed by atoms with E-state index in [1.54, 1.807) is 12.1 Å². The Balaban J connectivity index is 1.85. The Kier molecular flexibility index (Phi) is 5.50. The molecule has 1 aliphatic rings. The van der Waals surface area contributed by atoms with Crippen molar-refractivity contribution in [3.8, 4) is 0 Å². The number of thiol groups is 1. The van der Waals surface area contributed by atoms with Crippen LogP contribution in [-0.4, -0.2) is 33.9 Å². The highest BCUT2D eigenvalue weighted by atomic mass is 35.5. The molecule has 130 valence electrons. The van der Waals surface area contributed by atoms with Crippen molar-refractivity contribution < 1.29 is 9.90 Å². The molecule has 0 spiro atoms. The average Bonchev–Trinajstić information content (AvgIpc) is 2.96. The van der Waals surface area contributed by atoms with E-state index in [0.717, 1.165) is 17.0 Å². The van der Waals surface area contributed by atoms with Crippen LogP contribution in [0.5, 0.6) is 0 Å². The van der Waals surface area contributed by atoms with Crippen molar-refractivity contribution in [3.05, 3.63) is 70.7 Å². The van der Waals surface area contributed by atoms with Crippen LogP contribution in [0.4, 0.5) is 0 Å². The highest BCUT2D eigenvalue weighted by Gasteiger charge is 2.29. The maximum atomic E-state index is 11.3. The largest absolute Gasteiger partial charge is 0.481 e. The number of hydrazone groups is 1. The number of carboxylic acid groups (broad SMARTS) is 1. The highest BCUT2D eigenvalue weighted by molar-refractivity contribution is 7.80. The van der Waals surface area contributed by atoms with Crippen LogP contribution in [0.25, 0.3) is 0 Å². The minimum atomic E-state index is -0.846. The van der Waals surface area contributed by atoms with Crippen LogP contribution < -0.4 is 5.43 Å². The zero-order valence-electron chi connectivity index (χ0n) is 13.3. The summed E-state index contributed by atoms with van der Waals surface area (Å²) in [5, 5.41) is 14.3. The number of rotatable bonds is 6. The molecule has 0 fully saturated rings. The maximum Gasteiger partial charge on any atom is 0.304 e. The Hall–Kier alpha value is -2.18. The van der Waals surface area contributed by atoms with Crippen LogP contribution in [0.15, 0.2) is 59.7 Å². The SMILES string of the molecule is O=C(O)CC(CN1C(c2ccccc2)=NNC1S)c1ccc(Cl)cc1. The molecule has 2 atom stereocenters. The van der Waals surface area contributed by atoms with Gasteiger partial charge in [-0.05, 0) is 17.7 Å². The Morgan fingerprint density at radius 2 is 1.92 bits per heavy atom. The topological polar surface area (TPSA) is 64.9 Å². The summed E-state index contributed by atoms with van der Waals surface area (Å²) in [5.41, 5.74) is 4.52. The Morgan fingerprint density at radius 1 is 1.24 bits per heavy atom. The Morgan fingerprint density at radius 3 is 2.56 bits per heavy atom. The van der Waals surface area contributed by atoms with Gasteiger partial charge in [-0.1, -0.05) is 54.1 Å². The summed E-state index contributed by atoms with van der Waals surface area (Å²) in [6.07, 6.45) is 0.0146. The average molecular weight is 376 g/mol. The van der Waals surface area contributed by atoms with E-state index in [0.29, 0.717) is 11.6 Å². The monoisotopic (exact) mass is 375 g/mol. The number of nitrogens with one attached hydrogen (secondary N) is 1. The van der Waals surface area contributed by atoms with E-state index >= 15 is 0 Å². The lowest BCUT2D eigenvalue weighted by molar-refractivity contribution is -0.137. The number of hydrogen-bond donors (Lipinski definition) is 3. The first-order valence-corrected chi connectivity index (χ1v) is 8.74. The lowest BCUT2D eigenvalue weighted by Gasteiger charge is -2.28. The third kappa shape index (κ3) is 4.27. The third-order valence-electron chi connectivity index (χ3n) is 4.06. The maximum absolute atomic E-state index is 11.3. The summed E-state index contributed by atoms with van der Waals surface area (Å²) in [6.45, 7) is 0.475. The molecule has 2 unspecified atom stereocenters. The van der Waals surface area contributed by atoms with E-state index in [2.05, 4.69) is 23.2 Å². The van der Waals surface area contributed by atoms with Crippen molar-refractivity contribution in [2.75, 3.05) is 6.54 Å². The van der Waals surface area contributed by atoms with Gasteiger partial charge in [-0.3, -0.25) is 10.2 Å². The molecule has 7 heteroatoms. The van der Waals surface area contributed by atoms with Crippen LogP contribution >= 0.6 is 24.2 Å². The molecule has 0 aromatic heterocycles. The van der Waals surface area contributed by atoms with Gasteiger partial charge >= 0.3 is 5.97 Å². The van der Waals surface area contributed by atoms with Gasteiger partial charge < -0.3 is 10.0 Å². The van der Waals surface area contributed by atoms with Gasteiger partial charge in [0.05, 0.1) is 6.42 Å². The van der Waals surface area contributed by atoms with Crippen molar-refractivity contribution in [1.29, 1.82) is 0 Å². The number of carbonyl (C=O) groups is 1. The first-order chi connectivity index (χ1) is 12.0. The first kappa shape index (κ1) is 17.6. The van der Waals surface area contributed by atoms with E-state index in [1.165, 1.54) is 0 Å². The second kappa shape index (κ2) is 7.80. The number of hydrogen-bond acceptors (Lipinski definition) is 5. The molecule has 25 heavy (non-hydrogen) atoms. The minimum absolute atomic E-state index is 0.0146. The molecule has 0 saturated carbocycles. The summed E-state index contributed by atoms with van der Waals surface area (Å²) < 4.78 is 0. The zero-order chi connectivity index (χ0) is 17.8. The molecular weight excluding hydrogens is 358 g/mol. The van der Waals surface area contributed by atoms with E-state index in [-0.39, 0.29) is 17.8 Å². The predicted octanol–water partition coefficient (Wildman–Crippen LogP) is 3.38. The van der Waals surface area contributed by atoms with E-state index in [1.807, 2.05) is 47.4 Å². The van der Waals surface area contributed by atoms with Crippen LogP contribution in [0.1, 0.15) is 23.5 Å². The van der Waals surface area contributed by atoms with Crippen molar-refractivity contribution in [1.82, 2.24) is 10.3 Å². The fourth-order valence-electron chi connectivity index (χ4n) is 2.84. The highest BCUT2D eigenvalue weighted by Crippen LogP contribution is 2.26. The molecule has 5 nitrogen and oxygen atoms in total. The molecule has 2 aromatic rings. The second-order valence-corrected chi connectivity index (χ2v) is 6.73. The minimum Gasteiger partial charge on any atom is -0.481 e. The van der Waals surface area contributed by atoms with E-state index in [9.17, 15) is 9.90 Å². The summed E-state index contributed by atoms with van der Waals surface area (Å²) in [7, 11) is 0. The van der Waals surface area contributed by atoms with Crippen molar-refractivity contribution in [2.24, 2.45) is 5.10 Å². The normalized spacial score (nSPS) is 17.8. The fourth-order valence-corrected chi connectivity index (χ4v) is 3.23. The van der Waals surface area contributed by atoms with E-state index < -0.39 is 5.97 Å². The number of nitrogens with zero attached hydrogens (tertiary/aromatic N) is 2. The van der Waals surface area contributed by atoms with Gasteiger partial charge in [0.2, 0.25) is 0 Å². The zero-order valence-corrected chi connectivity index (χ0v) is 15.0. The number of benzene rings is 2. The summed E-state index contributed by atoms with van der Waals surface area (Å²) >= 11 is 10.5. The van der Waals surface area contributed by atoms with Crippen molar-refractivity contribution in [3.63, 3.8) is 0 Å². The molecule has 1 aliphatic heterocycles. The fraction of sp³-hybridized carbons (Fsp3) is 0.222. The number of carboxylic acids is 1. The third-order valence-corrected chi connectivity index (χ3v) is 4.71. The number of aliphatic carboxylic acids is 1. The van der Waals surface area contributed by atoms with Crippen LogP contribution in [0, 0.1) is 0 Å². The Bertz CT molecular complexity index is 768. The predicted molar refractivity (Wildman–Crippen MR) is 102 cm³/mol. The molecule has 0 amide bonds. The summed E-state index contributed by atoms with van der Waals surface area (Å²) in [6, 6.07) is 17.0. The van der Waals surface area contributed by atoms with Gasteiger partial charge in [-0.2, -0.15) is 5.10 Å². The quantitative estimate of drug-likeness (QED) is 0.677. The lowest BCUT2D eigenvalue weighted by atomic mass is 9.95. The van der Waals surface area contributed by atoms with Gasteiger partial charge in [0.25, 0.3) is 0 Å². The molecule has 0 saturated heterocycles. The molecule has 2 aromatic carbocycles. The van der Waals surface area contributed by atoms with E-state index in [4.69, 9.17) is 11.6 Å². The van der Waals surface area contributed by atoms with Crippen molar-refractivity contribution in [2.45, 2.75) is 17.8 Å². The van der Waals surface area contributed by atoms with Gasteiger partial charge in [0.15, 0.2) is 11.3 Å². The second-order valence-electron chi connectivity index (χ2n) is 5.80. The van der Waals surface area contributed by atoms with Crippen LogP contribution in [0.2, 0.25) is 5.02 Å². The molecule has 2 N–H and O–H groups in total. The molecule has 0 aliphatic carbocycles. The van der Waals surface area contributed by atoms with Gasteiger partial charge in [0.1, 0.15) is 0 Å². The van der Waals surface area contributed by atoms with Gasteiger partial charge in [-0.15, -0.1) is 12.6 Å². The number of halogens is 1. The standard InChI is InChI=1S/C18H18ClN3O2S/c19-15-8-6-12(7-9-15)14(10-16(23)24)11-22-17(20-21-18(22)25)13-4-2-1-3-5-13/h1-9,14,18,21,25H,10-11H2,(H,23,24). The summed E-state index contributed by atoms with van der Waals surface area (Å²) in [4.78, 5) is 13.3.